The first-order valence-electron chi connectivity index (χ1n) is 6.96. The highest BCUT2D eigenvalue weighted by atomic mass is 127. The van der Waals surface area contributed by atoms with Crippen molar-refractivity contribution < 1.29 is 14.4 Å². The molecule has 1 aliphatic carbocycles. The third-order valence-corrected chi connectivity index (χ3v) is 4.62. The minimum atomic E-state index is -0.201. The average Bonchev–Trinajstić information content (AvgIpc) is 3.00. The van der Waals surface area contributed by atoms with Gasteiger partial charge in [-0.2, -0.15) is 0 Å². The zero-order chi connectivity index (χ0) is 15.1. The molecule has 1 heterocycles. The van der Waals surface area contributed by atoms with Gasteiger partial charge in [0.15, 0.2) is 0 Å². The molecule has 0 radical (unpaired) electrons. The minimum Gasteiger partial charge on any atom is -0.369 e. The quantitative estimate of drug-likeness (QED) is 0.451. The van der Waals surface area contributed by atoms with Crippen LogP contribution in [0.3, 0.4) is 0 Å². The van der Waals surface area contributed by atoms with Gasteiger partial charge in [-0.15, -0.1) is 0 Å². The highest BCUT2D eigenvalue weighted by Crippen LogP contribution is 2.25. The summed E-state index contributed by atoms with van der Waals surface area (Å²) in [6.45, 7) is 2.04. The molecule has 1 fully saturated rings. The van der Waals surface area contributed by atoms with Gasteiger partial charge in [-0.25, -0.2) is 0 Å². The maximum absolute atomic E-state index is 11.2. The largest absolute Gasteiger partial charge is 0.369 e. The zero-order valence-electron chi connectivity index (χ0n) is 11.7. The van der Waals surface area contributed by atoms with Gasteiger partial charge in [0.1, 0.15) is 0 Å². The average molecular weight is 392 g/mol. The summed E-state index contributed by atoms with van der Waals surface area (Å²) >= 11 is 2.06. The number of carbonyl (C=O) groups excluding carboxylic acids is 3. The normalized spacial score (nSPS) is 20.0. The van der Waals surface area contributed by atoms with E-state index >= 15 is 0 Å². The Balaban J connectivity index is 0.000000221. The predicted octanol–water partition coefficient (Wildman–Crippen LogP) is 1.93. The van der Waals surface area contributed by atoms with Crippen molar-refractivity contribution in [1.29, 1.82) is 0 Å². The molecule has 0 aromatic heterocycles. The van der Waals surface area contributed by atoms with Gasteiger partial charge in [-0.05, 0) is 19.3 Å². The van der Waals surface area contributed by atoms with E-state index in [0.717, 1.165) is 38.5 Å². The SMILES string of the molecule is CCCC(I)C(N)=O.O=C1C=CC(=O)N1C1CCCC1. The van der Waals surface area contributed by atoms with Crippen LogP contribution in [0, 0.1) is 0 Å². The van der Waals surface area contributed by atoms with Crippen molar-refractivity contribution >= 4 is 40.3 Å². The van der Waals surface area contributed by atoms with Gasteiger partial charge in [0.05, 0.1) is 3.92 Å². The molecule has 1 aliphatic heterocycles. The van der Waals surface area contributed by atoms with Crippen molar-refractivity contribution in [2.45, 2.75) is 55.4 Å². The van der Waals surface area contributed by atoms with E-state index in [1.54, 1.807) is 0 Å². The zero-order valence-corrected chi connectivity index (χ0v) is 13.8. The molecule has 1 saturated carbocycles. The Bertz CT molecular complexity index is 385. The first kappa shape index (κ1) is 17.1. The fraction of sp³-hybridized carbons (Fsp3) is 0.643. The Morgan fingerprint density at radius 3 is 2.20 bits per heavy atom. The van der Waals surface area contributed by atoms with Crippen LogP contribution in [0.1, 0.15) is 45.4 Å². The predicted molar refractivity (Wildman–Crippen MR) is 85.2 cm³/mol. The van der Waals surface area contributed by atoms with Crippen LogP contribution in [0.5, 0.6) is 0 Å². The fourth-order valence-electron chi connectivity index (χ4n) is 2.33. The van der Waals surface area contributed by atoms with Gasteiger partial charge in [-0.1, -0.05) is 48.8 Å². The highest BCUT2D eigenvalue weighted by molar-refractivity contribution is 14.1. The number of amides is 3. The van der Waals surface area contributed by atoms with Crippen molar-refractivity contribution in [2.75, 3.05) is 0 Å². The van der Waals surface area contributed by atoms with Crippen molar-refractivity contribution in [3.8, 4) is 0 Å². The molecule has 112 valence electrons. The molecule has 0 aromatic carbocycles. The summed E-state index contributed by atoms with van der Waals surface area (Å²) in [7, 11) is 0. The lowest BCUT2D eigenvalue weighted by molar-refractivity contribution is -0.139. The molecule has 5 nitrogen and oxygen atoms in total. The summed E-state index contributed by atoms with van der Waals surface area (Å²) in [6.07, 6.45) is 8.90. The van der Waals surface area contributed by atoms with Crippen molar-refractivity contribution in [3.63, 3.8) is 0 Å². The summed E-state index contributed by atoms with van der Waals surface area (Å²) in [4.78, 5) is 34.1. The standard InChI is InChI=1S/C9H11NO2.C5H10INO/c11-8-5-6-9(12)10(8)7-3-1-2-4-7;1-2-3-4(6)5(7)8/h5-7H,1-4H2;4H,2-3H2,1H3,(H2,7,8). The maximum Gasteiger partial charge on any atom is 0.253 e. The van der Waals surface area contributed by atoms with Crippen LogP contribution < -0.4 is 5.73 Å². The van der Waals surface area contributed by atoms with Crippen molar-refractivity contribution in [3.05, 3.63) is 12.2 Å². The molecule has 0 saturated heterocycles. The van der Waals surface area contributed by atoms with Gasteiger partial charge < -0.3 is 5.73 Å². The Labute approximate surface area is 133 Å². The lowest BCUT2D eigenvalue weighted by Crippen LogP contribution is -2.38. The molecular formula is C14H21IN2O3. The van der Waals surface area contributed by atoms with Crippen LogP contribution in [-0.4, -0.2) is 32.6 Å². The number of rotatable bonds is 4. The molecule has 2 rings (SSSR count). The molecule has 0 bridgehead atoms. The van der Waals surface area contributed by atoms with E-state index in [4.69, 9.17) is 5.73 Å². The second kappa shape index (κ2) is 8.39. The number of hydrogen-bond acceptors (Lipinski definition) is 3. The van der Waals surface area contributed by atoms with Crippen molar-refractivity contribution in [1.82, 2.24) is 4.90 Å². The number of imide groups is 1. The first-order chi connectivity index (χ1) is 9.47. The molecule has 2 N–H and O–H groups in total. The number of carbonyl (C=O) groups is 3. The molecule has 6 heteroatoms. The van der Waals surface area contributed by atoms with E-state index in [2.05, 4.69) is 22.6 Å². The lowest BCUT2D eigenvalue weighted by Gasteiger charge is -2.20. The number of alkyl halides is 1. The second-order valence-electron chi connectivity index (χ2n) is 4.98. The molecule has 2 aliphatic rings. The molecule has 20 heavy (non-hydrogen) atoms. The van der Waals surface area contributed by atoms with Crippen LogP contribution in [-0.2, 0) is 14.4 Å². The smallest absolute Gasteiger partial charge is 0.253 e. The Morgan fingerprint density at radius 2 is 1.85 bits per heavy atom. The summed E-state index contributed by atoms with van der Waals surface area (Å²) in [6, 6.07) is 0.181. The Hall–Kier alpha value is -0.920. The number of primary amides is 1. The fourth-order valence-corrected chi connectivity index (χ4v) is 2.95. The van der Waals surface area contributed by atoms with E-state index in [-0.39, 0.29) is 27.7 Å². The topological polar surface area (TPSA) is 80.5 Å². The summed E-state index contributed by atoms with van der Waals surface area (Å²) in [5.74, 6) is -0.466. The molecule has 1 atom stereocenters. The van der Waals surface area contributed by atoms with E-state index in [9.17, 15) is 14.4 Å². The van der Waals surface area contributed by atoms with Gasteiger partial charge in [0.2, 0.25) is 5.91 Å². The number of nitrogens with two attached hydrogens (primary N) is 1. The lowest BCUT2D eigenvalue weighted by atomic mass is 10.2. The summed E-state index contributed by atoms with van der Waals surface area (Å²) in [5.41, 5.74) is 4.98. The number of nitrogens with zero attached hydrogens (tertiary/aromatic N) is 1. The highest BCUT2D eigenvalue weighted by Gasteiger charge is 2.32. The van der Waals surface area contributed by atoms with E-state index < -0.39 is 0 Å². The van der Waals surface area contributed by atoms with Crippen LogP contribution in [0.25, 0.3) is 0 Å². The minimum absolute atomic E-state index is 0.0256. The summed E-state index contributed by atoms with van der Waals surface area (Å²) < 4.78 is 0.0256. The Kier molecular flexibility index (Phi) is 7.18. The monoisotopic (exact) mass is 392 g/mol. The van der Waals surface area contributed by atoms with Crippen LogP contribution >= 0.6 is 22.6 Å². The molecule has 0 spiro atoms. The van der Waals surface area contributed by atoms with E-state index in [0.29, 0.717) is 0 Å². The third-order valence-electron chi connectivity index (χ3n) is 3.38. The second-order valence-corrected chi connectivity index (χ2v) is 6.48. The van der Waals surface area contributed by atoms with Gasteiger partial charge in [0, 0.05) is 18.2 Å². The maximum atomic E-state index is 11.2. The van der Waals surface area contributed by atoms with Crippen molar-refractivity contribution in [2.24, 2.45) is 5.73 Å². The van der Waals surface area contributed by atoms with Crippen LogP contribution in [0.4, 0.5) is 0 Å². The van der Waals surface area contributed by atoms with E-state index in [1.807, 2.05) is 6.92 Å². The van der Waals surface area contributed by atoms with Gasteiger partial charge in [-0.3, -0.25) is 19.3 Å². The van der Waals surface area contributed by atoms with Crippen LogP contribution in [0.15, 0.2) is 12.2 Å². The van der Waals surface area contributed by atoms with Crippen LogP contribution in [0.2, 0.25) is 0 Å². The summed E-state index contributed by atoms with van der Waals surface area (Å²) in [5, 5.41) is 0. The number of halogens is 1. The Morgan fingerprint density at radius 1 is 1.35 bits per heavy atom. The van der Waals surface area contributed by atoms with Gasteiger partial charge in [0.25, 0.3) is 11.8 Å². The third kappa shape index (κ3) is 4.88. The molecule has 0 aromatic rings. The first-order valence-corrected chi connectivity index (χ1v) is 8.20. The molecule has 3 amide bonds. The van der Waals surface area contributed by atoms with Gasteiger partial charge >= 0.3 is 0 Å². The number of hydrogen-bond donors (Lipinski definition) is 1. The molecule has 1 unspecified atom stereocenters. The molecular weight excluding hydrogens is 371 g/mol. The van der Waals surface area contributed by atoms with E-state index in [1.165, 1.54) is 17.1 Å².